The molecule has 0 aliphatic rings. The lowest BCUT2D eigenvalue weighted by molar-refractivity contribution is -0.118. The van der Waals surface area contributed by atoms with Crippen molar-refractivity contribution in [2.45, 2.75) is 32.9 Å². The van der Waals surface area contributed by atoms with E-state index in [-0.39, 0.29) is 36.6 Å². The van der Waals surface area contributed by atoms with Crippen LogP contribution in [-0.4, -0.2) is 30.9 Å². The molecule has 0 saturated heterocycles. The minimum absolute atomic E-state index is 0. The third-order valence-corrected chi connectivity index (χ3v) is 3.25. The molecule has 0 radical (unpaired) electrons. The van der Waals surface area contributed by atoms with Gasteiger partial charge in [-0.2, -0.15) is 0 Å². The number of hydrogen-bond acceptors (Lipinski definition) is 3. The summed E-state index contributed by atoms with van der Waals surface area (Å²) < 4.78 is 0. The van der Waals surface area contributed by atoms with Crippen molar-refractivity contribution in [3.63, 3.8) is 0 Å². The summed E-state index contributed by atoms with van der Waals surface area (Å²) in [5, 5.41) is 2.89. The molecule has 0 aromatic heterocycles. The number of nitrogens with zero attached hydrogens (tertiary/aromatic N) is 1. The Morgan fingerprint density at radius 1 is 1.33 bits per heavy atom. The number of halogens is 2. The van der Waals surface area contributed by atoms with E-state index in [4.69, 9.17) is 5.73 Å². The van der Waals surface area contributed by atoms with E-state index in [1.807, 2.05) is 52.2 Å². The monoisotopic (exact) mass is 335 g/mol. The number of carbonyl (C=O) groups excluding carboxylic acids is 1. The van der Waals surface area contributed by atoms with E-state index in [1.165, 1.54) is 5.56 Å². The van der Waals surface area contributed by atoms with Crippen molar-refractivity contribution < 1.29 is 4.79 Å². The van der Waals surface area contributed by atoms with Gasteiger partial charge in [0.05, 0.1) is 6.04 Å². The first-order valence-corrected chi connectivity index (χ1v) is 6.74. The third-order valence-electron chi connectivity index (χ3n) is 3.25. The fourth-order valence-electron chi connectivity index (χ4n) is 1.85. The summed E-state index contributed by atoms with van der Waals surface area (Å²) in [5.41, 5.74) is 7.89. The molecule has 122 valence electrons. The quantitative estimate of drug-likeness (QED) is 0.840. The topological polar surface area (TPSA) is 58.4 Å². The van der Waals surface area contributed by atoms with E-state index in [9.17, 15) is 4.79 Å². The van der Waals surface area contributed by atoms with E-state index in [1.54, 1.807) is 0 Å². The summed E-state index contributed by atoms with van der Waals surface area (Å²) in [5.74, 6) is 0.0707. The first-order chi connectivity index (χ1) is 8.93. The lowest BCUT2D eigenvalue weighted by Gasteiger charge is -2.18. The van der Waals surface area contributed by atoms with Crippen molar-refractivity contribution >= 4 is 36.4 Å². The first kappa shape index (κ1) is 22.5. The molecule has 21 heavy (non-hydrogen) atoms. The number of nitrogens with two attached hydrogens (primary N) is 1. The molecular weight excluding hydrogens is 309 g/mol. The standard InChI is InChI=1S/C15H25N3O.2ClH/c1-5-11(2)14(16)15(19)17-13-8-6-7-12(9-13)10-18(3)4;;/h6-9,11,14H,5,10,16H2,1-4H3,(H,17,19);2*1H. The van der Waals surface area contributed by atoms with Gasteiger partial charge < -0.3 is 16.0 Å². The predicted octanol–water partition coefficient (Wildman–Crippen LogP) is 2.90. The van der Waals surface area contributed by atoms with Crippen molar-refractivity contribution in [3.05, 3.63) is 29.8 Å². The van der Waals surface area contributed by atoms with E-state index < -0.39 is 6.04 Å². The highest BCUT2D eigenvalue weighted by Gasteiger charge is 2.19. The van der Waals surface area contributed by atoms with Crippen LogP contribution in [0, 0.1) is 5.92 Å². The molecule has 0 heterocycles. The van der Waals surface area contributed by atoms with Crippen molar-refractivity contribution in [2.75, 3.05) is 19.4 Å². The van der Waals surface area contributed by atoms with Gasteiger partial charge in [-0.05, 0) is 37.7 Å². The Labute approximate surface area is 140 Å². The number of nitrogens with one attached hydrogen (secondary N) is 1. The number of hydrogen-bond donors (Lipinski definition) is 2. The Kier molecular flexibility index (Phi) is 11.6. The van der Waals surface area contributed by atoms with Gasteiger partial charge in [-0.1, -0.05) is 32.4 Å². The largest absolute Gasteiger partial charge is 0.325 e. The van der Waals surface area contributed by atoms with E-state index in [2.05, 4.69) is 10.2 Å². The van der Waals surface area contributed by atoms with Crippen LogP contribution in [0.2, 0.25) is 0 Å². The Hall–Kier alpha value is -0.810. The Balaban J connectivity index is 0. The zero-order valence-corrected chi connectivity index (χ0v) is 14.8. The maximum Gasteiger partial charge on any atom is 0.241 e. The van der Waals surface area contributed by atoms with Gasteiger partial charge in [0, 0.05) is 12.2 Å². The molecule has 1 aromatic rings. The Morgan fingerprint density at radius 3 is 2.48 bits per heavy atom. The number of anilines is 1. The second kappa shape index (κ2) is 10.9. The van der Waals surface area contributed by atoms with Crippen molar-refractivity contribution in [1.82, 2.24) is 4.90 Å². The van der Waals surface area contributed by atoms with Crippen molar-refractivity contribution in [3.8, 4) is 0 Å². The molecule has 1 rings (SSSR count). The molecule has 6 heteroatoms. The highest BCUT2D eigenvalue weighted by atomic mass is 35.5. The van der Waals surface area contributed by atoms with Gasteiger partial charge >= 0.3 is 0 Å². The molecule has 0 fully saturated rings. The lowest BCUT2D eigenvalue weighted by atomic mass is 9.99. The summed E-state index contributed by atoms with van der Waals surface area (Å²) in [4.78, 5) is 14.1. The van der Waals surface area contributed by atoms with Crippen LogP contribution >= 0.6 is 24.8 Å². The van der Waals surface area contributed by atoms with Gasteiger partial charge in [0.25, 0.3) is 0 Å². The summed E-state index contributed by atoms with van der Waals surface area (Å²) in [7, 11) is 4.04. The van der Waals surface area contributed by atoms with Crippen LogP contribution in [0.3, 0.4) is 0 Å². The molecule has 1 amide bonds. The van der Waals surface area contributed by atoms with Crippen LogP contribution in [0.1, 0.15) is 25.8 Å². The normalized spacial score (nSPS) is 12.9. The summed E-state index contributed by atoms with van der Waals surface area (Å²) in [6, 6.07) is 7.41. The predicted molar refractivity (Wildman–Crippen MR) is 94.4 cm³/mol. The SMILES string of the molecule is CCC(C)C(N)C(=O)Nc1cccc(CN(C)C)c1.Cl.Cl. The number of rotatable bonds is 6. The van der Waals surface area contributed by atoms with Crippen LogP contribution < -0.4 is 11.1 Å². The smallest absolute Gasteiger partial charge is 0.241 e. The van der Waals surface area contributed by atoms with Gasteiger partial charge in [0.15, 0.2) is 0 Å². The molecule has 0 aliphatic heterocycles. The van der Waals surface area contributed by atoms with Crippen LogP contribution in [0.4, 0.5) is 5.69 Å². The lowest BCUT2D eigenvalue weighted by Crippen LogP contribution is -2.40. The molecule has 4 nitrogen and oxygen atoms in total. The molecule has 0 spiro atoms. The molecule has 1 aromatic carbocycles. The molecule has 0 aliphatic carbocycles. The fourth-order valence-corrected chi connectivity index (χ4v) is 1.85. The molecule has 2 unspecified atom stereocenters. The molecule has 0 saturated carbocycles. The first-order valence-electron chi connectivity index (χ1n) is 6.74. The molecule has 0 bridgehead atoms. The molecule has 2 atom stereocenters. The molecular formula is C15H27Cl2N3O. The van der Waals surface area contributed by atoms with Gasteiger partial charge in [0.2, 0.25) is 5.91 Å². The summed E-state index contributed by atoms with van der Waals surface area (Å²) in [6.45, 7) is 4.88. The zero-order chi connectivity index (χ0) is 14.4. The van der Waals surface area contributed by atoms with Gasteiger partial charge in [-0.25, -0.2) is 0 Å². The van der Waals surface area contributed by atoms with Crippen LogP contribution in [0.25, 0.3) is 0 Å². The van der Waals surface area contributed by atoms with Crippen LogP contribution in [0.5, 0.6) is 0 Å². The highest BCUT2D eigenvalue weighted by Crippen LogP contribution is 2.13. The second-order valence-corrected chi connectivity index (χ2v) is 5.34. The van der Waals surface area contributed by atoms with Gasteiger partial charge in [0.1, 0.15) is 0 Å². The number of carbonyl (C=O) groups is 1. The number of benzene rings is 1. The van der Waals surface area contributed by atoms with Gasteiger partial charge in [-0.15, -0.1) is 24.8 Å². The second-order valence-electron chi connectivity index (χ2n) is 5.34. The maximum absolute atomic E-state index is 12.0. The zero-order valence-electron chi connectivity index (χ0n) is 13.1. The number of amides is 1. The Morgan fingerprint density at radius 2 is 1.95 bits per heavy atom. The van der Waals surface area contributed by atoms with Crippen molar-refractivity contribution in [2.24, 2.45) is 11.7 Å². The van der Waals surface area contributed by atoms with Crippen molar-refractivity contribution in [1.29, 1.82) is 0 Å². The van der Waals surface area contributed by atoms with E-state index in [0.29, 0.717) is 0 Å². The van der Waals surface area contributed by atoms with Crippen LogP contribution in [-0.2, 0) is 11.3 Å². The van der Waals surface area contributed by atoms with Gasteiger partial charge in [-0.3, -0.25) is 4.79 Å². The van der Waals surface area contributed by atoms with Crippen LogP contribution in [0.15, 0.2) is 24.3 Å². The highest BCUT2D eigenvalue weighted by molar-refractivity contribution is 5.94. The average molecular weight is 336 g/mol. The average Bonchev–Trinajstić information content (AvgIpc) is 2.36. The molecule has 3 N–H and O–H groups in total. The Bertz CT molecular complexity index is 427. The third kappa shape index (κ3) is 7.67. The fraction of sp³-hybridized carbons (Fsp3) is 0.533. The summed E-state index contributed by atoms with van der Waals surface area (Å²) >= 11 is 0. The van der Waals surface area contributed by atoms with E-state index >= 15 is 0 Å². The minimum atomic E-state index is -0.456. The summed E-state index contributed by atoms with van der Waals surface area (Å²) in [6.07, 6.45) is 0.898. The van der Waals surface area contributed by atoms with E-state index in [0.717, 1.165) is 18.7 Å². The minimum Gasteiger partial charge on any atom is -0.325 e. The maximum atomic E-state index is 12.0.